The van der Waals surface area contributed by atoms with Crippen molar-refractivity contribution < 1.29 is 4.79 Å². The van der Waals surface area contributed by atoms with Crippen molar-refractivity contribution in [2.45, 2.75) is 12.3 Å². The van der Waals surface area contributed by atoms with Crippen molar-refractivity contribution in [3.8, 4) is 0 Å². The SMILES string of the molecule is CSCc1nc2ccccc2n1CC(=O)Nc1ccc(Br)cc1Br. The van der Waals surface area contributed by atoms with Crippen LogP contribution in [0.4, 0.5) is 5.69 Å². The zero-order valence-corrected chi connectivity index (χ0v) is 16.9. The second kappa shape index (κ2) is 7.72. The van der Waals surface area contributed by atoms with Gasteiger partial charge in [0, 0.05) is 8.95 Å². The Bertz CT molecular complexity index is 895. The summed E-state index contributed by atoms with van der Waals surface area (Å²) < 4.78 is 3.77. The first-order valence-electron chi connectivity index (χ1n) is 7.26. The van der Waals surface area contributed by atoms with E-state index in [2.05, 4.69) is 42.2 Å². The van der Waals surface area contributed by atoms with Crippen molar-refractivity contribution in [1.29, 1.82) is 0 Å². The fraction of sp³-hybridized carbons (Fsp3) is 0.176. The molecule has 4 nitrogen and oxygen atoms in total. The molecule has 0 atom stereocenters. The number of anilines is 1. The summed E-state index contributed by atoms with van der Waals surface area (Å²) in [7, 11) is 0. The average molecular weight is 469 g/mol. The molecule has 1 heterocycles. The van der Waals surface area contributed by atoms with Crippen LogP contribution >= 0.6 is 43.6 Å². The molecule has 1 N–H and O–H groups in total. The third-order valence-corrected chi connectivity index (χ3v) is 5.21. The molecule has 2 aromatic carbocycles. The van der Waals surface area contributed by atoms with Crippen LogP contribution in [0.25, 0.3) is 11.0 Å². The van der Waals surface area contributed by atoms with Crippen LogP contribution in [0.15, 0.2) is 51.4 Å². The van der Waals surface area contributed by atoms with Crippen LogP contribution in [0.5, 0.6) is 0 Å². The normalized spacial score (nSPS) is 11.0. The van der Waals surface area contributed by atoms with Crippen LogP contribution in [0.3, 0.4) is 0 Å². The number of amides is 1. The largest absolute Gasteiger partial charge is 0.324 e. The Morgan fingerprint density at radius 3 is 2.79 bits per heavy atom. The van der Waals surface area contributed by atoms with Gasteiger partial charge in [0.05, 0.1) is 22.5 Å². The minimum absolute atomic E-state index is 0.0801. The van der Waals surface area contributed by atoms with Gasteiger partial charge in [0.1, 0.15) is 12.4 Å². The Balaban J connectivity index is 1.85. The molecule has 0 saturated carbocycles. The summed E-state index contributed by atoms with van der Waals surface area (Å²) in [5.74, 6) is 1.60. The second-order valence-corrected chi connectivity index (χ2v) is 7.84. The third-order valence-electron chi connectivity index (χ3n) is 3.51. The Hall–Kier alpha value is -1.31. The first-order valence-corrected chi connectivity index (χ1v) is 10.2. The quantitative estimate of drug-likeness (QED) is 0.569. The number of rotatable bonds is 5. The maximum Gasteiger partial charge on any atom is 0.244 e. The van der Waals surface area contributed by atoms with E-state index in [4.69, 9.17) is 0 Å². The van der Waals surface area contributed by atoms with E-state index >= 15 is 0 Å². The number of nitrogens with zero attached hydrogens (tertiary/aromatic N) is 2. The number of imidazole rings is 1. The summed E-state index contributed by atoms with van der Waals surface area (Å²) in [5.41, 5.74) is 2.64. The van der Waals surface area contributed by atoms with Gasteiger partial charge >= 0.3 is 0 Å². The van der Waals surface area contributed by atoms with Gasteiger partial charge in [-0.05, 0) is 52.5 Å². The Labute approximate surface area is 161 Å². The van der Waals surface area contributed by atoms with Crippen LogP contribution < -0.4 is 5.32 Å². The molecule has 0 aliphatic heterocycles. The summed E-state index contributed by atoms with van der Waals surface area (Å²) in [6.45, 7) is 0.235. The molecule has 0 spiro atoms. The lowest BCUT2D eigenvalue weighted by Crippen LogP contribution is -2.20. The van der Waals surface area contributed by atoms with E-state index in [1.54, 1.807) is 11.8 Å². The Morgan fingerprint density at radius 1 is 1.25 bits per heavy atom. The highest BCUT2D eigenvalue weighted by atomic mass is 79.9. The number of benzene rings is 2. The summed E-state index contributed by atoms with van der Waals surface area (Å²) in [5, 5.41) is 2.95. The molecule has 3 rings (SSSR count). The highest BCUT2D eigenvalue weighted by Gasteiger charge is 2.14. The number of halogens is 2. The zero-order valence-electron chi connectivity index (χ0n) is 12.9. The molecule has 7 heteroatoms. The molecule has 0 radical (unpaired) electrons. The number of para-hydroxylation sites is 2. The van der Waals surface area contributed by atoms with Gasteiger partial charge in [0.25, 0.3) is 0 Å². The lowest BCUT2D eigenvalue weighted by atomic mass is 10.3. The summed E-state index contributed by atoms with van der Waals surface area (Å²) in [6, 6.07) is 13.6. The van der Waals surface area contributed by atoms with E-state index in [1.807, 2.05) is 53.3 Å². The molecular formula is C17H15Br2N3OS. The van der Waals surface area contributed by atoms with Crippen LogP contribution in [-0.2, 0) is 17.1 Å². The van der Waals surface area contributed by atoms with Crippen molar-refractivity contribution in [1.82, 2.24) is 9.55 Å². The number of aromatic nitrogens is 2. The van der Waals surface area contributed by atoms with Gasteiger partial charge < -0.3 is 9.88 Å². The predicted molar refractivity (Wildman–Crippen MR) is 107 cm³/mol. The summed E-state index contributed by atoms with van der Waals surface area (Å²) >= 11 is 8.56. The van der Waals surface area contributed by atoms with Gasteiger partial charge in [-0.15, -0.1) is 0 Å². The molecule has 3 aromatic rings. The van der Waals surface area contributed by atoms with Crippen molar-refractivity contribution in [2.75, 3.05) is 11.6 Å². The monoisotopic (exact) mass is 467 g/mol. The minimum Gasteiger partial charge on any atom is -0.324 e. The van der Waals surface area contributed by atoms with Crippen LogP contribution in [-0.4, -0.2) is 21.7 Å². The number of hydrogen-bond donors (Lipinski definition) is 1. The number of hydrogen-bond acceptors (Lipinski definition) is 3. The van der Waals surface area contributed by atoms with E-state index < -0.39 is 0 Å². The number of nitrogens with one attached hydrogen (secondary N) is 1. The summed E-state index contributed by atoms with van der Waals surface area (Å²) in [6.07, 6.45) is 2.03. The summed E-state index contributed by atoms with van der Waals surface area (Å²) in [4.78, 5) is 17.2. The Morgan fingerprint density at radius 2 is 2.04 bits per heavy atom. The molecule has 0 aliphatic carbocycles. The predicted octanol–water partition coefficient (Wildman–Crippen LogP) is 5.06. The average Bonchev–Trinajstić information content (AvgIpc) is 2.88. The Kier molecular flexibility index (Phi) is 5.63. The maximum atomic E-state index is 12.5. The molecule has 0 unspecified atom stereocenters. The van der Waals surface area contributed by atoms with E-state index in [0.29, 0.717) is 0 Å². The van der Waals surface area contributed by atoms with E-state index in [0.717, 1.165) is 37.2 Å². The molecule has 0 saturated heterocycles. The number of carbonyl (C=O) groups is 1. The van der Waals surface area contributed by atoms with E-state index in [-0.39, 0.29) is 12.5 Å². The van der Waals surface area contributed by atoms with E-state index in [9.17, 15) is 4.79 Å². The van der Waals surface area contributed by atoms with Crippen molar-refractivity contribution >= 4 is 66.2 Å². The molecule has 124 valence electrons. The molecule has 1 amide bonds. The number of fused-ring (bicyclic) bond motifs is 1. The molecule has 0 aliphatic rings. The first-order chi connectivity index (χ1) is 11.6. The molecule has 24 heavy (non-hydrogen) atoms. The highest BCUT2D eigenvalue weighted by Crippen LogP contribution is 2.26. The molecule has 0 bridgehead atoms. The molecule has 0 fully saturated rings. The third kappa shape index (κ3) is 3.84. The lowest BCUT2D eigenvalue weighted by Gasteiger charge is -2.11. The van der Waals surface area contributed by atoms with Crippen molar-refractivity contribution in [3.63, 3.8) is 0 Å². The van der Waals surface area contributed by atoms with Gasteiger partial charge in [-0.1, -0.05) is 28.1 Å². The topological polar surface area (TPSA) is 46.9 Å². The van der Waals surface area contributed by atoms with Crippen LogP contribution in [0, 0.1) is 0 Å². The number of thioether (sulfide) groups is 1. The van der Waals surface area contributed by atoms with Crippen LogP contribution in [0.1, 0.15) is 5.82 Å². The van der Waals surface area contributed by atoms with Gasteiger partial charge in [-0.25, -0.2) is 4.98 Å². The van der Waals surface area contributed by atoms with Crippen LogP contribution in [0.2, 0.25) is 0 Å². The molecular weight excluding hydrogens is 454 g/mol. The first kappa shape index (κ1) is 17.5. The van der Waals surface area contributed by atoms with Crippen molar-refractivity contribution in [2.24, 2.45) is 0 Å². The maximum absolute atomic E-state index is 12.5. The zero-order chi connectivity index (χ0) is 17.1. The standard InChI is InChI=1S/C17H15Br2N3OS/c1-24-10-16-20-14-4-2-3-5-15(14)22(16)9-17(23)21-13-7-6-11(18)8-12(13)19/h2-8H,9-10H2,1H3,(H,21,23). The lowest BCUT2D eigenvalue weighted by molar-refractivity contribution is -0.116. The second-order valence-electron chi connectivity index (χ2n) is 5.21. The smallest absolute Gasteiger partial charge is 0.244 e. The fourth-order valence-corrected chi connectivity index (χ4v) is 4.09. The van der Waals surface area contributed by atoms with E-state index in [1.165, 1.54) is 0 Å². The fourth-order valence-electron chi connectivity index (χ4n) is 2.47. The van der Waals surface area contributed by atoms with Gasteiger partial charge in [0.15, 0.2) is 0 Å². The minimum atomic E-state index is -0.0801. The highest BCUT2D eigenvalue weighted by molar-refractivity contribution is 9.11. The van der Waals surface area contributed by atoms with Crippen molar-refractivity contribution in [3.05, 3.63) is 57.2 Å². The van der Waals surface area contributed by atoms with Gasteiger partial charge in [-0.2, -0.15) is 11.8 Å². The van der Waals surface area contributed by atoms with Gasteiger partial charge in [0.2, 0.25) is 5.91 Å². The van der Waals surface area contributed by atoms with Gasteiger partial charge in [-0.3, -0.25) is 4.79 Å². The number of carbonyl (C=O) groups excluding carboxylic acids is 1. The molecule has 1 aromatic heterocycles.